The van der Waals surface area contributed by atoms with Crippen LogP contribution in [0.2, 0.25) is 0 Å². The van der Waals surface area contributed by atoms with Crippen LogP contribution in [0.15, 0.2) is 9.95 Å². The molecule has 2 aromatic rings. The van der Waals surface area contributed by atoms with E-state index in [4.69, 9.17) is 5.73 Å². The van der Waals surface area contributed by atoms with E-state index in [0.717, 1.165) is 49.0 Å². The molecule has 2 aromatic heterocycles. The van der Waals surface area contributed by atoms with Crippen molar-refractivity contribution in [1.82, 2.24) is 14.8 Å². The van der Waals surface area contributed by atoms with Crippen LogP contribution in [0.5, 0.6) is 0 Å². The molecule has 27 heavy (non-hydrogen) atoms. The van der Waals surface area contributed by atoms with E-state index in [-0.39, 0.29) is 17.3 Å². The van der Waals surface area contributed by atoms with Crippen molar-refractivity contribution in [3.05, 3.63) is 26.5 Å². The molecule has 0 saturated heterocycles. The van der Waals surface area contributed by atoms with E-state index in [1.54, 1.807) is 4.57 Å². The van der Waals surface area contributed by atoms with E-state index in [1.807, 2.05) is 6.92 Å². The smallest absolute Gasteiger partial charge is 0.343 e. The lowest BCUT2D eigenvalue weighted by Crippen LogP contribution is -2.20. The highest BCUT2D eigenvalue weighted by Gasteiger charge is 2.25. The number of carbonyl (C=O) groups is 2. The Kier molecular flexibility index (Phi) is 6.38. The molecule has 0 saturated carbocycles. The molecule has 1 aliphatic carbocycles. The summed E-state index contributed by atoms with van der Waals surface area (Å²) in [5, 5.41) is 10.2. The van der Waals surface area contributed by atoms with Gasteiger partial charge in [0.05, 0.1) is 11.3 Å². The van der Waals surface area contributed by atoms with Gasteiger partial charge in [-0.05, 0) is 37.7 Å². The fraction of sp³-hybridized carbons (Fsp3) is 0.529. The first-order valence-corrected chi connectivity index (χ1v) is 10.8. The van der Waals surface area contributed by atoms with Crippen molar-refractivity contribution in [3.8, 4) is 0 Å². The van der Waals surface area contributed by atoms with E-state index >= 15 is 0 Å². The van der Waals surface area contributed by atoms with Crippen molar-refractivity contribution in [2.24, 2.45) is 5.73 Å². The minimum Gasteiger partial charge on any atom is -0.365 e. The number of aryl methyl sites for hydroxylation is 1. The standard InChI is InChI=1S/C17H23N5O3S2/c1-2-3-8-22-16(25)20-21-17(22)26-9-12(23)19-15-13(14(18)24)10-6-4-5-7-11(10)27-15/h2-9H2,1H3,(H2,18,24)(H,19,23)(H,20,25). The zero-order chi connectivity index (χ0) is 19.4. The number of hydrogen-bond donors (Lipinski definition) is 3. The number of amides is 2. The molecule has 10 heteroatoms. The number of nitrogens with one attached hydrogen (secondary N) is 2. The SMILES string of the molecule is CCCCn1c(SCC(=O)Nc2sc3c(c2C(N)=O)CCCC3)n[nH]c1=O. The number of anilines is 1. The summed E-state index contributed by atoms with van der Waals surface area (Å²) >= 11 is 2.63. The van der Waals surface area contributed by atoms with E-state index in [9.17, 15) is 14.4 Å². The monoisotopic (exact) mass is 409 g/mol. The molecule has 0 fully saturated rings. The first-order chi connectivity index (χ1) is 13.0. The maximum Gasteiger partial charge on any atom is 0.343 e. The Hall–Kier alpha value is -2.07. The highest BCUT2D eigenvalue weighted by Crippen LogP contribution is 2.38. The summed E-state index contributed by atoms with van der Waals surface area (Å²) in [6.07, 6.45) is 5.68. The fourth-order valence-corrected chi connectivity index (χ4v) is 5.22. The minimum atomic E-state index is -0.502. The van der Waals surface area contributed by atoms with Gasteiger partial charge in [-0.25, -0.2) is 9.89 Å². The molecule has 8 nitrogen and oxygen atoms in total. The Labute approximate surface area is 164 Å². The predicted molar refractivity (Wildman–Crippen MR) is 107 cm³/mol. The van der Waals surface area contributed by atoms with Gasteiger partial charge in [0, 0.05) is 11.4 Å². The molecule has 0 atom stereocenters. The Morgan fingerprint density at radius 3 is 2.89 bits per heavy atom. The van der Waals surface area contributed by atoms with Crippen LogP contribution in [0.1, 0.15) is 53.4 Å². The van der Waals surface area contributed by atoms with Crippen LogP contribution in [0.3, 0.4) is 0 Å². The third-order valence-corrected chi connectivity index (χ3v) is 6.65. The number of unbranched alkanes of at least 4 members (excludes halogenated alkanes) is 1. The topological polar surface area (TPSA) is 123 Å². The molecule has 2 heterocycles. The van der Waals surface area contributed by atoms with Crippen LogP contribution in [0.25, 0.3) is 0 Å². The molecule has 4 N–H and O–H groups in total. The minimum absolute atomic E-state index is 0.0944. The Morgan fingerprint density at radius 2 is 2.15 bits per heavy atom. The predicted octanol–water partition coefficient (Wildman–Crippen LogP) is 2.14. The van der Waals surface area contributed by atoms with Crippen LogP contribution < -0.4 is 16.7 Å². The lowest BCUT2D eigenvalue weighted by atomic mass is 9.95. The lowest BCUT2D eigenvalue weighted by Gasteiger charge is -2.11. The molecule has 0 bridgehead atoms. The van der Waals surface area contributed by atoms with Crippen molar-refractivity contribution < 1.29 is 9.59 Å². The van der Waals surface area contributed by atoms with Gasteiger partial charge in [-0.3, -0.25) is 14.2 Å². The second kappa shape index (κ2) is 8.75. The quantitative estimate of drug-likeness (QED) is 0.577. The van der Waals surface area contributed by atoms with Crippen LogP contribution in [-0.4, -0.2) is 32.3 Å². The van der Waals surface area contributed by atoms with Crippen molar-refractivity contribution in [2.75, 3.05) is 11.1 Å². The molecule has 0 spiro atoms. The number of thioether (sulfide) groups is 1. The number of primary amides is 1. The largest absolute Gasteiger partial charge is 0.365 e. The highest BCUT2D eigenvalue weighted by atomic mass is 32.2. The Morgan fingerprint density at radius 1 is 1.37 bits per heavy atom. The zero-order valence-electron chi connectivity index (χ0n) is 15.2. The zero-order valence-corrected chi connectivity index (χ0v) is 16.8. The second-order valence-corrected chi connectivity index (χ2v) is 8.48. The molecule has 1 aliphatic rings. The molecule has 0 aliphatic heterocycles. The number of nitrogens with two attached hydrogens (primary N) is 1. The molecule has 0 unspecified atom stereocenters. The van der Waals surface area contributed by atoms with E-state index in [1.165, 1.54) is 23.1 Å². The number of rotatable bonds is 8. The Balaban J connectivity index is 1.68. The number of fused-ring (bicyclic) bond motifs is 1. The average Bonchev–Trinajstić information content (AvgIpc) is 3.17. The first kappa shape index (κ1) is 19.7. The normalized spacial score (nSPS) is 13.4. The number of nitrogens with zero attached hydrogens (tertiary/aromatic N) is 2. The Bertz CT molecular complexity index is 899. The van der Waals surface area contributed by atoms with Crippen LogP contribution in [-0.2, 0) is 24.2 Å². The molecule has 0 radical (unpaired) electrons. The van der Waals surface area contributed by atoms with Gasteiger partial charge in [-0.2, -0.15) is 0 Å². The number of carbonyl (C=O) groups excluding carboxylic acids is 2. The van der Waals surface area contributed by atoms with Gasteiger partial charge in [-0.1, -0.05) is 25.1 Å². The van der Waals surface area contributed by atoms with Gasteiger partial charge in [-0.15, -0.1) is 16.4 Å². The van der Waals surface area contributed by atoms with Crippen molar-refractivity contribution in [3.63, 3.8) is 0 Å². The van der Waals surface area contributed by atoms with Gasteiger partial charge < -0.3 is 11.1 Å². The van der Waals surface area contributed by atoms with Crippen molar-refractivity contribution >= 4 is 39.9 Å². The van der Waals surface area contributed by atoms with Gasteiger partial charge in [0.15, 0.2) is 5.16 Å². The molecule has 2 amide bonds. The fourth-order valence-electron chi connectivity index (χ4n) is 3.13. The maximum absolute atomic E-state index is 12.4. The summed E-state index contributed by atoms with van der Waals surface area (Å²) < 4.78 is 1.54. The van der Waals surface area contributed by atoms with Gasteiger partial charge in [0.25, 0.3) is 5.91 Å². The van der Waals surface area contributed by atoms with Crippen LogP contribution in [0.4, 0.5) is 5.00 Å². The van der Waals surface area contributed by atoms with Gasteiger partial charge >= 0.3 is 5.69 Å². The number of thiophene rings is 1. The maximum atomic E-state index is 12.4. The van der Waals surface area contributed by atoms with Crippen LogP contribution >= 0.6 is 23.1 Å². The lowest BCUT2D eigenvalue weighted by molar-refractivity contribution is -0.113. The highest BCUT2D eigenvalue weighted by molar-refractivity contribution is 7.99. The molecule has 0 aromatic carbocycles. The summed E-state index contributed by atoms with van der Waals surface area (Å²) in [5.41, 5.74) is 6.72. The first-order valence-electron chi connectivity index (χ1n) is 9.03. The van der Waals surface area contributed by atoms with Gasteiger partial charge in [0.1, 0.15) is 5.00 Å². The van der Waals surface area contributed by atoms with Gasteiger partial charge in [0.2, 0.25) is 5.91 Å². The van der Waals surface area contributed by atoms with Crippen molar-refractivity contribution in [2.45, 2.75) is 57.1 Å². The number of aromatic amines is 1. The third-order valence-electron chi connectivity index (χ3n) is 4.46. The van der Waals surface area contributed by atoms with Crippen molar-refractivity contribution in [1.29, 1.82) is 0 Å². The summed E-state index contributed by atoms with van der Waals surface area (Å²) in [7, 11) is 0. The van der Waals surface area contributed by atoms with E-state index in [0.29, 0.717) is 22.3 Å². The molecular weight excluding hydrogens is 386 g/mol. The molecule has 146 valence electrons. The molecule has 3 rings (SSSR count). The summed E-state index contributed by atoms with van der Waals surface area (Å²) in [6.45, 7) is 2.61. The second-order valence-electron chi connectivity index (χ2n) is 6.43. The summed E-state index contributed by atoms with van der Waals surface area (Å²) in [6, 6.07) is 0. The average molecular weight is 410 g/mol. The summed E-state index contributed by atoms with van der Waals surface area (Å²) in [4.78, 5) is 37.2. The number of H-pyrrole nitrogens is 1. The van der Waals surface area contributed by atoms with E-state index < -0.39 is 5.91 Å². The van der Waals surface area contributed by atoms with Crippen LogP contribution in [0, 0.1) is 0 Å². The van der Waals surface area contributed by atoms with E-state index in [2.05, 4.69) is 15.5 Å². The number of hydrogen-bond acceptors (Lipinski definition) is 6. The third kappa shape index (κ3) is 4.44. The number of aromatic nitrogens is 3. The summed E-state index contributed by atoms with van der Waals surface area (Å²) in [5.74, 6) is -0.659. The molecular formula is C17H23N5O3S2.